The predicted molar refractivity (Wildman–Crippen MR) is 73.6 cm³/mol. The second kappa shape index (κ2) is 6.77. The van der Waals surface area contributed by atoms with Crippen molar-refractivity contribution in [2.45, 2.75) is 46.3 Å². The molecule has 2 unspecified atom stereocenters. The minimum absolute atomic E-state index is 0.240. The lowest BCUT2D eigenvalue weighted by molar-refractivity contribution is 0.0496. The summed E-state index contributed by atoms with van der Waals surface area (Å²) in [7, 11) is 2.01. The molecule has 1 aromatic carbocycles. The summed E-state index contributed by atoms with van der Waals surface area (Å²) in [5.41, 5.74) is 4.18. The Hall–Kier alpha value is -0.860. The van der Waals surface area contributed by atoms with Crippen LogP contribution in [0.25, 0.3) is 0 Å². The number of likely N-dealkylation sites (N-methyl/N-ethyl adjacent to an activating group) is 1. The second-order valence-corrected chi connectivity index (χ2v) is 4.63. The molecular formula is C15H25NO. The van der Waals surface area contributed by atoms with E-state index in [9.17, 15) is 0 Å². The van der Waals surface area contributed by atoms with Gasteiger partial charge in [0.15, 0.2) is 0 Å². The fraction of sp³-hybridized carbons (Fsp3) is 0.600. The fourth-order valence-electron chi connectivity index (χ4n) is 2.27. The maximum absolute atomic E-state index is 5.68. The van der Waals surface area contributed by atoms with Crippen LogP contribution in [0.2, 0.25) is 0 Å². The Morgan fingerprint density at radius 1 is 1.24 bits per heavy atom. The molecule has 96 valence electrons. The SMILES string of the molecule is CCOC(C)C(Cc1c(C)cccc1C)NC. The van der Waals surface area contributed by atoms with E-state index < -0.39 is 0 Å². The highest BCUT2D eigenvalue weighted by Gasteiger charge is 2.17. The van der Waals surface area contributed by atoms with Gasteiger partial charge in [0.05, 0.1) is 6.10 Å². The zero-order valence-electron chi connectivity index (χ0n) is 11.7. The number of benzene rings is 1. The third kappa shape index (κ3) is 3.83. The van der Waals surface area contributed by atoms with Crippen molar-refractivity contribution in [3.05, 3.63) is 34.9 Å². The molecule has 1 aromatic rings. The van der Waals surface area contributed by atoms with Gasteiger partial charge in [0.25, 0.3) is 0 Å². The Bertz CT molecular complexity index is 329. The average Bonchev–Trinajstić information content (AvgIpc) is 2.29. The van der Waals surface area contributed by atoms with Gasteiger partial charge >= 0.3 is 0 Å². The van der Waals surface area contributed by atoms with Crippen molar-refractivity contribution in [3.63, 3.8) is 0 Å². The molecule has 0 saturated heterocycles. The van der Waals surface area contributed by atoms with Crippen LogP contribution in [0, 0.1) is 13.8 Å². The first kappa shape index (κ1) is 14.2. The molecule has 0 radical (unpaired) electrons. The van der Waals surface area contributed by atoms with E-state index in [1.54, 1.807) is 0 Å². The summed E-state index contributed by atoms with van der Waals surface area (Å²) in [5.74, 6) is 0. The van der Waals surface area contributed by atoms with Gasteiger partial charge in [-0.1, -0.05) is 18.2 Å². The molecular weight excluding hydrogens is 210 g/mol. The number of hydrogen-bond donors (Lipinski definition) is 1. The highest BCUT2D eigenvalue weighted by atomic mass is 16.5. The maximum Gasteiger partial charge on any atom is 0.0702 e. The second-order valence-electron chi connectivity index (χ2n) is 4.63. The lowest BCUT2D eigenvalue weighted by Crippen LogP contribution is -2.39. The van der Waals surface area contributed by atoms with E-state index in [1.807, 2.05) is 14.0 Å². The van der Waals surface area contributed by atoms with Crippen molar-refractivity contribution in [1.82, 2.24) is 5.32 Å². The minimum atomic E-state index is 0.240. The molecule has 0 aromatic heterocycles. The van der Waals surface area contributed by atoms with E-state index in [0.717, 1.165) is 13.0 Å². The van der Waals surface area contributed by atoms with Gasteiger partial charge in [-0.2, -0.15) is 0 Å². The van der Waals surface area contributed by atoms with E-state index in [0.29, 0.717) is 6.04 Å². The Balaban J connectivity index is 2.80. The van der Waals surface area contributed by atoms with Crippen LogP contribution >= 0.6 is 0 Å². The Kier molecular flexibility index (Phi) is 5.66. The third-order valence-corrected chi connectivity index (χ3v) is 3.44. The van der Waals surface area contributed by atoms with E-state index in [1.165, 1.54) is 16.7 Å². The Labute approximate surface area is 105 Å². The van der Waals surface area contributed by atoms with E-state index in [4.69, 9.17) is 4.74 Å². The molecule has 0 saturated carbocycles. The summed E-state index contributed by atoms with van der Waals surface area (Å²) >= 11 is 0. The summed E-state index contributed by atoms with van der Waals surface area (Å²) in [5, 5.41) is 3.36. The minimum Gasteiger partial charge on any atom is -0.377 e. The predicted octanol–water partition coefficient (Wildman–Crippen LogP) is 2.86. The molecule has 17 heavy (non-hydrogen) atoms. The monoisotopic (exact) mass is 235 g/mol. The molecule has 0 fully saturated rings. The van der Waals surface area contributed by atoms with Gasteiger partial charge < -0.3 is 10.1 Å². The van der Waals surface area contributed by atoms with Crippen molar-refractivity contribution >= 4 is 0 Å². The van der Waals surface area contributed by atoms with Crippen LogP contribution in [0.1, 0.15) is 30.5 Å². The Morgan fingerprint density at radius 3 is 2.29 bits per heavy atom. The first-order chi connectivity index (χ1) is 8.10. The van der Waals surface area contributed by atoms with Crippen molar-refractivity contribution in [2.75, 3.05) is 13.7 Å². The normalized spacial score (nSPS) is 14.6. The van der Waals surface area contributed by atoms with Gasteiger partial charge in [-0.05, 0) is 57.9 Å². The van der Waals surface area contributed by atoms with Crippen LogP contribution in [0.4, 0.5) is 0 Å². The molecule has 2 atom stereocenters. The number of nitrogens with one attached hydrogen (secondary N) is 1. The van der Waals surface area contributed by atoms with Crippen LogP contribution in [0.5, 0.6) is 0 Å². The van der Waals surface area contributed by atoms with Crippen molar-refractivity contribution in [2.24, 2.45) is 0 Å². The Morgan fingerprint density at radius 2 is 1.82 bits per heavy atom. The van der Waals surface area contributed by atoms with Crippen molar-refractivity contribution in [3.8, 4) is 0 Å². The van der Waals surface area contributed by atoms with Crippen LogP contribution in [0.3, 0.4) is 0 Å². The maximum atomic E-state index is 5.68. The third-order valence-electron chi connectivity index (χ3n) is 3.44. The van der Waals surface area contributed by atoms with Gasteiger partial charge in [0, 0.05) is 12.6 Å². The lowest BCUT2D eigenvalue weighted by Gasteiger charge is -2.25. The topological polar surface area (TPSA) is 21.3 Å². The first-order valence-electron chi connectivity index (χ1n) is 6.44. The molecule has 0 aliphatic rings. The zero-order valence-corrected chi connectivity index (χ0v) is 11.7. The smallest absolute Gasteiger partial charge is 0.0702 e. The molecule has 0 amide bonds. The van der Waals surface area contributed by atoms with Gasteiger partial charge in [-0.25, -0.2) is 0 Å². The molecule has 0 spiro atoms. The van der Waals surface area contributed by atoms with E-state index in [2.05, 4.69) is 44.3 Å². The molecule has 0 aliphatic carbocycles. The quantitative estimate of drug-likeness (QED) is 0.818. The number of rotatable bonds is 6. The van der Waals surface area contributed by atoms with Gasteiger partial charge in [-0.15, -0.1) is 0 Å². The molecule has 1 rings (SSSR count). The van der Waals surface area contributed by atoms with Crippen LogP contribution in [-0.4, -0.2) is 25.8 Å². The van der Waals surface area contributed by atoms with Gasteiger partial charge in [-0.3, -0.25) is 0 Å². The number of aryl methyl sites for hydroxylation is 2. The average molecular weight is 235 g/mol. The summed E-state index contributed by atoms with van der Waals surface area (Å²) < 4.78 is 5.68. The number of hydrogen-bond acceptors (Lipinski definition) is 2. The molecule has 0 bridgehead atoms. The number of ether oxygens (including phenoxy) is 1. The van der Waals surface area contributed by atoms with Crippen molar-refractivity contribution < 1.29 is 4.74 Å². The first-order valence-corrected chi connectivity index (χ1v) is 6.44. The zero-order chi connectivity index (χ0) is 12.8. The van der Waals surface area contributed by atoms with Gasteiger partial charge in [0.1, 0.15) is 0 Å². The fourth-order valence-corrected chi connectivity index (χ4v) is 2.27. The summed E-state index contributed by atoms with van der Waals surface area (Å²) in [6.45, 7) is 9.31. The molecule has 0 heterocycles. The van der Waals surface area contributed by atoms with E-state index in [-0.39, 0.29) is 6.10 Å². The molecule has 0 aliphatic heterocycles. The lowest BCUT2D eigenvalue weighted by atomic mass is 9.94. The van der Waals surface area contributed by atoms with Crippen LogP contribution in [-0.2, 0) is 11.2 Å². The highest BCUT2D eigenvalue weighted by molar-refractivity contribution is 5.34. The molecule has 2 heteroatoms. The van der Waals surface area contributed by atoms with E-state index >= 15 is 0 Å². The van der Waals surface area contributed by atoms with Gasteiger partial charge in [0.2, 0.25) is 0 Å². The molecule has 2 nitrogen and oxygen atoms in total. The summed E-state index contributed by atoms with van der Waals surface area (Å²) in [6.07, 6.45) is 1.26. The van der Waals surface area contributed by atoms with Crippen LogP contribution in [0.15, 0.2) is 18.2 Å². The standard InChI is InChI=1S/C15H25NO/c1-6-17-13(4)15(16-5)10-14-11(2)8-7-9-12(14)3/h7-9,13,15-16H,6,10H2,1-5H3. The van der Waals surface area contributed by atoms with Crippen molar-refractivity contribution in [1.29, 1.82) is 0 Å². The largest absolute Gasteiger partial charge is 0.377 e. The summed E-state index contributed by atoms with van der Waals surface area (Å²) in [6, 6.07) is 6.85. The molecule has 1 N–H and O–H groups in total. The highest BCUT2D eigenvalue weighted by Crippen LogP contribution is 2.17. The summed E-state index contributed by atoms with van der Waals surface area (Å²) in [4.78, 5) is 0. The van der Waals surface area contributed by atoms with Crippen LogP contribution < -0.4 is 5.32 Å².